The minimum atomic E-state index is -0.491. The lowest BCUT2D eigenvalue weighted by molar-refractivity contribution is 0.00446. The lowest BCUT2D eigenvalue weighted by Crippen LogP contribution is -2.54. The molecular formula is C18H26BrFN2O2. The van der Waals surface area contributed by atoms with E-state index < -0.39 is 5.60 Å². The van der Waals surface area contributed by atoms with E-state index in [1.807, 2.05) is 33.8 Å². The van der Waals surface area contributed by atoms with Gasteiger partial charge in [-0.2, -0.15) is 0 Å². The standard InChI is InChI=1S/C18H26BrFN2O2/c1-12-8-14(16(20)9-15(12)19)11-21-6-7-22(10-13(21)2)17(23)24-18(3,4)5/h8-9,13H,6-7,10-11H2,1-5H3/t13-/m0/s1. The molecule has 1 fully saturated rings. The van der Waals surface area contributed by atoms with Crippen molar-refractivity contribution in [1.82, 2.24) is 9.80 Å². The van der Waals surface area contributed by atoms with Gasteiger partial charge in [0.25, 0.3) is 0 Å². The highest BCUT2D eigenvalue weighted by molar-refractivity contribution is 9.10. The number of nitrogens with zero attached hydrogens (tertiary/aromatic N) is 2. The average molecular weight is 401 g/mol. The number of piperazine rings is 1. The Morgan fingerprint density at radius 3 is 2.62 bits per heavy atom. The molecule has 0 saturated carbocycles. The third-order valence-electron chi connectivity index (χ3n) is 4.12. The lowest BCUT2D eigenvalue weighted by Gasteiger charge is -2.40. The monoisotopic (exact) mass is 400 g/mol. The Morgan fingerprint density at radius 1 is 1.38 bits per heavy atom. The Hall–Kier alpha value is -1.14. The van der Waals surface area contributed by atoms with Gasteiger partial charge in [0.05, 0.1) is 0 Å². The topological polar surface area (TPSA) is 32.8 Å². The highest BCUT2D eigenvalue weighted by Gasteiger charge is 2.30. The molecule has 4 nitrogen and oxygen atoms in total. The second kappa shape index (κ2) is 7.40. The molecule has 0 unspecified atom stereocenters. The first-order valence-electron chi connectivity index (χ1n) is 8.23. The molecule has 24 heavy (non-hydrogen) atoms. The number of halogens is 2. The summed E-state index contributed by atoms with van der Waals surface area (Å²) in [5.74, 6) is -0.200. The maximum atomic E-state index is 14.2. The molecule has 0 bridgehead atoms. The summed E-state index contributed by atoms with van der Waals surface area (Å²) in [7, 11) is 0. The lowest BCUT2D eigenvalue weighted by atomic mass is 10.1. The van der Waals surface area contributed by atoms with E-state index in [1.165, 1.54) is 6.07 Å². The van der Waals surface area contributed by atoms with E-state index in [0.717, 1.165) is 10.0 Å². The van der Waals surface area contributed by atoms with Crippen molar-refractivity contribution in [2.75, 3.05) is 19.6 Å². The van der Waals surface area contributed by atoms with Crippen LogP contribution in [0.1, 0.15) is 38.8 Å². The number of ether oxygens (including phenoxy) is 1. The Bertz CT molecular complexity index is 616. The smallest absolute Gasteiger partial charge is 0.410 e. The normalized spacial score (nSPS) is 19.5. The van der Waals surface area contributed by atoms with Crippen molar-refractivity contribution in [1.29, 1.82) is 0 Å². The van der Waals surface area contributed by atoms with E-state index in [-0.39, 0.29) is 18.0 Å². The van der Waals surface area contributed by atoms with Crippen molar-refractivity contribution < 1.29 is 13.9 Å². The van der Waals surface area contributed by atoms with Crippen LogP contribution in [0.4, 0.5) is 9.18 Å². The summed E-state index contributed by atoms with van der Waals surface area (Å²) >= 11 is 3.35. The van der Waals surface area contributed by atoms with Gasteiger partial charge in [0.1, 0.15) is 11.4 Å². The zero-order valence-corrected chi connectivity index (χ0v) is 16.6. The zero-order chi connectivity index (χ0) is 18.1. The quantitative estimate of drug-likeness (QED) is 0.739. The molecule has 1 atom stereocenters. The summed E-state index contributed by atoms with van der Waals surface area (Å²) in [4.78, 5) is 16.1. The van der Waals surface area contributed by atoms with Crippen LogP contribution in [-0.2, 0) is 11.3 Å². The van der Waals surface area contributed by atoms with E-state index in [2.05, 4.69) is 27.8 Å². The number of aryl methyl sites for hydroxylation is 1. The number of carbonyl (C=O) groups is 1. The van der Waals surface area contributed by atoms with Crippen LogP contribution in [0, 0.1) is 12.7 Å². The predicted molar refractivity (Wildman–Crippen MR) is 96.5 cm³/mol. The van der Waals surface area contributed by atoms with Gasteiger partial charge in [-0.1, -0.05) is 22.0 Å². The van der Waals surface area contributed by atoms with Gasteiger partial charge in [-0.3, -0.25) is 4.90 Å². The van der Waals surface area contributed by atoms with E-state index in [0.29, 0.717) is 31.7 Å². The number of benzene rings is 1. The minimum Gasteiger partial charge on any atom is -0.444 e. The van der Waals surface area contributed by atoms with Crippen molar-refractivity contribution in [3.63, 3.8) is 0 Å². The van der Waals surface area contributed by atoms with Crippen LogP contribution in [0.25, 0.3) is 0 Å². The molecule has 0 aromatic heterocycles. The van der Waals surface area contributed by atoms with Crippen molar-refractivity contribution >= 4 is 22.0 Å². The summed E-state index contributed by atoms with van der Waals surface area (Å²) in [5.41, 5.74) is 1.22. The van der Waals surface area contributed by atoms with E-state index in [4.69, 9.17) is 4.74 Å². The van der Waals surface area contributed by atoms with Gasteiger partial charge >= 0.3 is 6.09 Å². The third-order valence-corrected chi connectivity index (χ3v) is 4.97. The van der Waals surface area contributed by atoms with Crippen molar-refractivity contribution in [2.45, 2.75) is 52.8 Å². The Morgan fingerprint density at radius 2 is 2.04 bits per heavy atom. The van der Waals surface area contributed by atoms with Crippen LogP contribution in [0.3, 0.4) is 0 Å². The van der Waals surface area contributed by atoms with Crippen molar-refractivity contribution in [3.8, 4) is 0 Å². The van der Waals surface area contributed by atoms with Gasteiger partial charge in [-0.05, 0) is 46.2 Å². The number of amides is 1. The van der Waals surface area contributed by atoms with Gasteiger partial charge in [0.2, 0.25) is 0 Å². The van der Waals surface area contributed by atoms with Gasteiger partial charge < -0.3 is 9.64 Å². The molecule has 1 aliphatic rings. The number of rotatable bonds is 2. The molecule has 1 aliphatic heterocycles. The molecule has 1 amide bonds. The fourth-order valence-electron chi connectivity index (χ4n) is 2.78. The van der Waals surface area contributed by atoms with Gasteiger partial charge in [0.15, 0.2) is 0 Å². The molecule has 1 heterocycles. The molecule has 1 aromatic rings. The maximum absolute atomic E-state index is 14.2. The van der Waals surface area contributed by atoms with Crippen LogP contribution in [0.2, 0.25) is 0 Å². The fraction of sp³-hybridized carbons (Fsp3) is 0.611. The highest BCUT2D eigenvalue weighted by Crippen LogP contribution is 2.23. The Labute approximate surface area is 152 Å². The molecule has 134 valence electrons. The van der Waals surface area contributed by atoms with Crippen LogP contribution < -0.4 is 0 Å². The first-order chi connectivity index (χ1) is 11.1. The number of hydrogen-bond donors (Lipinski definition) is 0. The minimum absolute atomic E-state index is 0.148. The molecule has 0 N–H and O–H groups in total. The average Bonchev–Trinajstić information content (AvgIpc) is 2.44. The molecular weight excluding hydrogens is 375 g/mol. The largest absolute Gasteiger partial charge is 0.444 e. The zero-order valence-electron chi connectivity index (χ0n) is 15.0. The first kappa shape index (κ1) is 19.2. The second-order valence-corrected chi connectivity index (χ2v) is 8.29. The summed E-state index contributed by atoms with van der Waals surface area (Å²) in [6.45, 7) is 12.0. The fourth-order valence-corrected chi connectivity index (χ4v) is 3.09. The van der Waals surface area contributed by atoms with Crippen LogP contribution in [0.5, 0.6) is 0 Å². The Kier molecular flexibility index (Phi) is 5.91. The third kappa shape index (κ3) is 4.93. The molecule has 1 aromatic carbocycles. The van der Waals surface area contributed by atoms with E-state index >= 15 is 0 Å². The van der Waals surface area contributed by atoms with E-state index in [9.17, 15) is 9.18 Å². The second-order valence-electron chi connectivity index (χ2n) is 7.44. The van der Waals surface area contributed by atoms with Crippen LogP contribution in [0.15, 0.2) is 16.6 Å². The van der Waals surface area contributed by atoms with E-state index in [1.54, 1.807) is 4.90 Å². The van der Waals surface area contributed by atoms with Gasteiger partial charge in [0, 0.05) is 42.3 Å². The van der Waals surface area contributed by atoms with Crippen LogP contribution in [-0.4, -0.2) is 47.2 Å². The molecule has 1 saturated heterocycles. The van der Waals surface area contributed by atoms with Crippen molar-refractivity contribution in [3.05, 3.63) is 33.5 Å². The summed E-state index contributed by atoms with van der Waals surface area (Å²) in [6, 6.07) is 3.55. The number of carbonyl (C=O) groups excluding carboxylic acids is 1. The van der Waals surface area contributed by atoms with Gasteiger partial charge in [-0.25, -0.2) is 9.18 Å². The highest BCUT2D eigenvalue weighted by atomic mass is 79.9. The molecule has 6 heteroatoms. The summed E-state index contributed by atoms with van der Waals surface area (Å²) in [5, 5.41) is 0. The SMILES string of the molecule is Cc1cc(CN2CCN(C(=O)OC(C)(C)C)C[C@@H]2C)c(F)cc1Br. The molecule has 0 aliphatic carbocycles. The predicted octanol–water partition coefficient (Wildman–Crippen LogP) is 4.34. The maximum Gasteiger partial charge on any atom is 0.410 e. The molecule has 2 rings (SSSR count). The molecule has 0 radical (unpaired) electrons. The number of hydrogen-bond acceptors (Lipinski definition) is 3. The summed E-state index contributed by atoms with van der Waals surface area (Å²) < 4.78 is 20.4. The van der Waals surface area contributed by atoms with Crippen LogP contribution >= 0.6 is 15.9 Å². The Balaban J connectivity index is 1.99. The van der Waals surface area contributed by atoms with Gasteiger partial charge in [-0.15, -0.1) is 0 Å². The van der Waals surface area contributed by atoms with Crippen molar-refractivity contribution in [2.24, 2.45) is 0 Å². The molecule has 0 spiro atoms. The first-order valence-corrected chi connectivity index (χ1v) is 9.02. The summed E-state index contributed by atoms with van der Waals surface area (Å²) in [6.07, 6.45) is -0.278.